The Morgan fingerprint density at radius 1 is 0.641 bits per heavy atom. The third kappa shape index (κ3) is 7.73. The molecule has 0 bridgehead atoms. The van der Waals surface area contributed by atoms with E-state index in [2.05, 4.69) is 32.1 Å². The number of nitrogens with one attached hydrogen (secondary N) is 3. The van der Waals surface area contributed by atoms with Crippen LogP contribution in [0.3, 0.4) is 0 Å². The fourth-order valence-corrected chi connectivity index (χ4v) is 3.62. The van der Waals surface area contributed by atoms with Gasteiger partial charge in [0.1, 0.15) is 5.75 Å². The number of para-hydroxylation sites is 1. The maximum atomic E-state index is 12.5. The zero-order valence-corrected chi connectivity index (χ0v) is 22.0. The molecule has 0 aromatic heterocycles. The van der Waals surface area contributed by atoms with Gasteiger partial charge in [-0.1, -0.05) is 52.3 Å². The highest BCUT2D eigenvalue weighted by Gasteiger charge is 2.11. The van der Waals surface area contributed by atoms with E-state index in [1.54, 1.807) is 84.9 Å². The number of halogens is 1. The summed E-state index contributed by atoms with van der Waals surface area (Å²) in [4.78, 5) is 49.4. The van der Waals surface area contributed by atoms with Gasteiger partial charge in [-0.2, -0.15) is 0 Å². The van der Waals surface area contributed by atoms with E-state index in [4.69, 9.17) is 4.74 Å². The van der Waals surface area contributed by atoms with Crippen molar-refractivity contribution in [2.24, 2.45) is 0 Å². The minimum atomic E-state index is -0.593. The van der Waals surface area contributed by atoms with Crippen molar-refractivity contribution in [2.75, 3.05) is 5.32 Å². The lowest BCUT2D eigenvalue weighted by atomic mass is 10.1. The van der Waals surface area contributed by atoms with Crippen molar-refractivity contribution in [1.29, 1.82) is 0 Å². The van der Waals surface area contributed by atoms with Gasteiger partial charge >= 0.3 is 5.97 Å². The second-order valence-corrected chi connectivity index (χ2v) is 9.02. The lowest BCUT2D eigenvalue weighted by Crippen LogP contribution is -2.40. The molecule has 0 aliphatic carbocycles. The highest BCUT2D eigenvalue weighted by Crippen LogP contribution is 2.21. The number of anilines is 1. The normalized spacial score (nSPS) is 10.5. The summed E-state index contributed by atoms with van der Waals surface area (Å²) < 4.78 is 6.32. The van der Waals surface area contributed by atoms with Gasteiger partial charge in [-0.3, -0.25) is 25.2 Å². The van der Waals surface area contributed by atoms with Crippen LogP contribution in [0.2, 0.25) is 0 Å². The van der Waals surface area contributed by atoms with Crippen molar-refractivity contribution in [2.45, 2.75) is 0 Å². The van der Waals surface area contributed by atoms with Crippen LogP contribution in [0, 0.1) is 0 Å². The van der Waals surface area contributed by atoms with E-state index >= 15 is 0 Å². The number of benzene rings is 4. The highest BCUT2D eigenvalue weighted by molar-refractivity contribution is 9.10. The molecule has 4 aromatic rings. The van der Waals surface area contributed by atoms with Gasteiger partial charge in [-0.05, 0) is 72.8 Å². The van der Waals surface area contributed by atoms with Crippen molar-refractivity contribution < 1.29 is 23.9 Å². The van der Waals surface area contributed by atoms with Gasteiger partial charge in [0.05, 0.1) is 5.56 Å². The Morgan fingerprint density at radius 2 is 1.26 bits per heavy atom. The molecular formula is C30H22BrN3O5. The molecule has 194 valence electrons. The molecule has 0 saturated heterocycles. The Labute approximate surface area is 232 Å². The van der Waals surface area contributed by atoms with Crippen molar-refractivity contribution in [3.63, 3.8) is 0 Å². The zero-order chi connectivity index (χ0) is 27.6. The summed E-state index contributed by atoms with van der Waals surface area (Å²) in [5.74, 6) is -1.66. The van der Waals surface area contributed by atoms with Crippen LogP contribution in [0.5, 0.6) is 5.75 Å². The Hall–Kier alpha value is -5.02. The summed E-state index contributed by atoms with van der Waals surface area (Å²) >= 11 is 3.32. The average Bonchev–Trinajstić information content (AvgIpc) is 2.96. The third-order valence-corrected chi connectivity index (χ3v) is 5.88. The maximum absolute atomic E-state index is 12.5. The minimum Gasteiger partial charge on any atom is -0.422 e. The van der Waals surface area contributed by atoms with E-state index < -0.39 is 17.8 Å². The summed E-state index contributed by atoms with van der Waals surface area (Å²) in [7, 11) is 0. The van der Waals surface area contributed by atoms with Crippen LogP contribution >= 0.6 is 15.9 Å². The predicted molar refractivity (Wildman–Crippen MR) is 151 cm³/mol. The molecule has 0 aliphatic heterocycles. The highest BCUT2D eigenvalue weighted by atomic mass is 79.9. The third-order valence-electron chi connectivity index (χ3n) is 5.36. The first kappa shape index (κ1) is 27.0. The van der Waals surface area contributed by atoms with E-state index in [0.717, 1.165) is 4.47 Å². The van der Waals surface area contributed by atoms with Crippen molar-refractivity contribution >= 4 is 51.4 Å². The first-order valence-corrected chi connectivity index (χ1v) is 12.5. The summed E-state index contributed by atoms with van der Waals surface area (Å²) in [6.45, 7) is 0. The maximum Gasteiger partial charge on any atom is 0.343 e. The molecule has 0 radical (unpaired) electrons. The van der Waals surface area contributed by atoms with E-state index in [1.807, 2.05) is 6.07 Å². The van der Waals surface area contributed by atoms with E-state index in [-0.39, 0.29) is 17.2 Å². The number of rotatable bonds is 7. The molecule has 0 atom stereocenters. The Morgan fingerprint density at radius 3 is 1.97 bits per heavy atom. The Kier molecular flexibility index (Phi) is 8.99. The Balaban J connectivity index is 1.30. The van der Waals surface area contributed by atoms with Gasteiger partial charge in [0, 0.05) is 32.9 Å². The number of hydrogen-bond acceptors (Lipinski definition) is 5. The summed E-state index contributed by atoms with van der Waals surface area (Å²) in [6.07, 6.45) is 2.67. The first-order chi connectivity index (χ1) is 18.9. The van der Waals surface area contributed by atoms with Gasteiger partial charge in [0.15, 0.2) is 0 Å². The van der Waals surface area contributed by atoms with Crippen LogP contribution in [-0.2, 0) is 4.79 Å². The number of carbonyl (C=O) groups is 4. The standard InChI is InChI=1S/C30H22BrN3O5/c31-24-15-10-23(11-16-24)30(38)39-26-9-5-4-6-20(26)14-19-27(35)33-34-29(37)22-12-17-25(18-13-22)32-28(36)21-7-2-1-3-8-21/h1-19H,(H,32,36)(H,33,35)(H,34,37)/b19-14+. The molecular weight excluding hydrogens is 562 g/mol. The van der Waals surface area contributed by atoms with Crippen LogP contribution in [-0.4, -0.2) is 23.7 Å². The second kappa shape index (κ2) is 13.0. The average molecular weight is 584 g/mol. The van der Waals surface area contributed by atoms with Crippen molar-refractivity contribution in [3.8, 4) is 5.75 Å². The molecule has 0 aliphatic rings. The van der Waals surface area contributed by atoms with E-state index in [1.165, 1.54) is 24.3 Å². The van der Waals surface area contributed by atoms with Crippen LogP contribution < -0.4 is 20.9 Å². The molecule has 4 rings (SSSR count). The minimum absolute atomic E-state index is 0.267. The number of esters is 1. The number of ether oxygens (including phenoxy) is 1. The topological polar surface area (TPSA) is 114 Å². The number of carbonyl (C=O) groups excluding carboxylic acids is 4. The van der Waals surface area contributed by atoms with Gasteiger partial charge < -0.3 is 10.1 Å². The molecule has 8 nitrogen and oxygen atoms in total. The smallest absolute Gasteiger partial charge is 0.343 e. The predicted octanol–water partition coefficient (Wildman–Crippen LogP) is 5.40. The summed E-state index contributed by atoms with van der Waals surface area (Å²) in [5, 5.41) is 2.75. The van der Waals surface area contributed by atoms with Crippen LogP contribution in [0.15, 0.2) is 114 Å². The molecule has 3 N–H and O–H groups in total. The van der Waals surface area contributed by atoms with Crippen LogP contribution in [0.1, 0.15) is 36.6 Å². The molecule has 0 heterocycles. The lowest BCUT2D eigenvalue weighted by molar-refractivity contribution is -0.117. The number of hydrazine groups is 1. The van der Waals surface area contributed by atoms with Gasteiger partial charge in [-0.15, -0.1) is 0 Å². The van der Waals surface area contributed by atoms with Crippen molar-refractivity contribution in [1.82, 2.24) is 10.9 Å². The first-order valence-electron chi connectivity index (χ1n) is 11.7. The number of amides is 3. The SMILES string of the molecule is O=C(/C=C/c1ccccc1OC(=O)c1ccc(Br)cc1)NNC(=O)c1ccc(NC(=O)c2ccccc2)cc1. The summed E-state index contributed by atoms with van der Waals surface area (Å²) in [6, 6.07) is 28.5. The van der Waals surface area contributed by atoms with Gasteiger partial charge in [0.2, 0.25) is 0 Å². The quantitative estimate of drug-likeness (QED) is 0.117. The largest absolute Gasteiger partial charge is 0.422 e. The Bertz CT molecular complexity index is 1520. The fraction of sp³-hybridized carbons (Fsp3) is 0. The van der Waals surface area contributed by atoms with E-state index in [9.17, 15) is 19.2 Å². The zero-order valence-electron chi connectivity index (χ0n) is 20.4. The molecule has 0 saturated carbocycles. The number of hydrogen-bond donors (Lipinski definition) is 3. The fourth-order valence-electron chi connectivity index (χ4n) is 3.35. The molecule has 4 aromatic carbocycles. The molecule has 0 spiro atoms. The van der Waals surface area contributed by atoms with E-state index in [0.29, 0.717) is 22.4 Å². The molecule has 39 heavy (non-hydrogen) atoms. The van der Waals surface area contributed by atoms with Crippen molar-refractivity contribution in [3.05, 3.63) is 136 Å². The van der Waals surface area contributed by atoms with Crippen LogP contribution in [0.4, 0.5) is 5.69 Å². The second-order valence-electron chi connectivity index (χ2n) is 8.11. The molecule has 0 fully saturated rings. The monoisotopic (exact) mass is 583 g/mol. The van der Waals surface area contributed by atoms with Gasteiger partial charge in [-0.25, -0.2) is 4.79 Å². The summed E-state index contributed by atoms with van der Waals surface area (Å²) in [5.41, 5.74) is 6.82. The van der Waals surface area contributed by atoms with Crippen LogP contribution in [0.25, 0.3) is 6.08 Å². The molecule has 0 unspecified atom stereocenters. The van der Waals surface area contributed by atoms with Gasteiger partial charge in [0.25, 0.3) is 17.7 Å². The molecule has 9 heteroatoms. The molecule has 3 amide bonds. The lowest BCUT2D eigenvalue weighted by Gasteiger charge is -2.09.